The molecule has 0 fully saturated rings. The van der Waals surface area contributed by atoms with Crippen LogP contribution in [0, 0.1) is 5.82 Å². The molecule has 0 heterocycles. The summed E-state index contributed by atoms with van der Waals surface area (Å²) in [5, 5.41) is 0. The zero-order valence-corrected chi connectivity index (χ0v) is 10.4. The molecule has 1 aromatic rings. The summed E-state index contributed by atoms with van der Waals surface area (Å²) in [4.78, 5) is -0.614. The predicted molar refractivity (Wildman–Crippen MR) is 59.7 cm³/mol. The van der Waals surface area contributed by atoms with E-state index in [1.165, 1.54) is 6.07 Å². The number of alkyl halides is 3. The Bertz CT molecular complexity index is 542. The number of hydrogen-bond donors (Lipinski definition) is 1. The van der Waals surface area contributed by atoms with Crippen LogP contribution in [0.5, 0.6) is 0 Å². The van der Waals surface area contributed by atoms with E-state index in [0.29, 0.717) is 0 Å². The minimum atomic E-state index is -4.53. The zero-order valence-electron chi connectivity index (χ0n) is 9.58. The molecule has 1 rings (SSSR count). The number of sulfone groups is 1. The number of anilines is 1. The van der Waals surface area contributed by atoms with Crippen LogP contribution < -0.4 is 5.73 Å². The van der Waals surface area contributed by atoms with Crippen molar-refractivity contribution < 1.29 is 30.7 Å². The topological polar surface area (TPSA) is 69.4 Å². The summed E-state index contributed by atoms with van der Waals surface area (Å²) in [5.41, 5.74) is 5.30. The van der Waals surface area contributed by atoms with E-state index in [0.717, 1.165) is 12.1 Å². The van der Waals surface area contributed by atoms with Crippen LogP contribution in [-0.2, 0) is 14.6 Å². The first-order valence-corrected chi connectivity index (χ1v) is 6.69. The van der Waals surface area contributed by atoms with Crippen molar-refractivity contribution in [2.45, 2.75) is 11.1 Å². The van der Waals surface area contributed by atoms with Crippen LogP contribution in [0.3, 0.4) is 0 Å². The molecule has 1 aromatic carbocycles. The van der Waals surface area contributed by atoms with Crippen LogP contribution in [0.25, 0.3) is 0 Å². The summed E-state index contributed by atoms with van der Waals surface area (Å²) in [6, 6.07) is 2.97. The summed E-state index contributed by atoms with van der Waals surface area (Å²) in [6.45, 7) is -2.22. The normalized spacial score (nSPS) is 12.6. The molecule has 0 atom stereocenters. The fourth-order valence-electron chi connectivity index (χ4n) is 1.24. The van der Waals surface area contributed by atoms with Crippen molar-refractivity contribution >= 4 is 15.5 Å². The second-order valence-corrected chi connectivity index (χ2v) is 5.75. The first-order valence-electron chi connectivity index (χ1n) is 5.04. The van der Waals surface area contributed by atoms with Gasteiger partial charge in [0.2, 0.25) is 0 Å². The first kappa shape index (κ1) is 15.7. The number of nitrogens with two attached hydrogens (primary N) is 1. The quantitative estimate of drug-likeness (QED) is 0.511. The van der Waals surface area contributed by atoms with E-state index in [2.05, 4.69) is 4.74 Å². The van der Waals surface area contributed by atoms with E-state index < -0.39 is 45.7 Å². The van der Waals surface area contributed by atoms with Crippen LogP contribution in [0.1, 0.15) is 0 Å². The van der Waals surface area contributed by atoms with Crippen LogP contribution >= 0.6 is 0 Å². The molecule has 108 valence electrons. The lowest BCUT2D eigenvalue weighted by atomic mass is 10.3. The Morgan fingerprint density at radius 3 is 2.42 bits per heavy atom. The van der Waals surface area contributed by atoms with Crippen LogP contribution in [0.15, 0.2) is 23.1 Å². The smallest absolute Gasteiger partial charge is 0.399 e. The molecular weight excluding hydrogens is 290 g/mol. The number of benzene rings is 1. The molecule has 0 amide bonds. The number of rotatable bonds is 5. The Morgan fingerprint density at radius 2 is 1.89 bits per heavy atom. The van der Waals surface area contributed by atoms with Gasteiger partial charge < -0.3 is 10.5 Å². The third-order valence-corrected chi connectivity index (χ3v) is 3.76. The highest BCUT2D eigenvalue weighted by molar-refractivity contribution is 7.91. The second-order valence-electron chi connectivity index (χ2n) is 3.68. The molecule has 0 bridgehead atoms. The summed E-state index contributed by atoms with van der Waals surface area (Å²) in [7, 11) is -4.05. The monoisotopic (exact) mass is 301 g/mol. The molecule has 19 heavy (non-hydrogen) atoms. The predicted octanol–water partition coefficient (Wildman–Crippen LogP) is 1.76. The van der Waals surface area contributed by atoms with Gasteiger partial charge in [-0.05, 0) is 18.2 Å². The molecule has 0 aliphatic heterocycles. The molecule has 0 saturated carbocycles. The lowest BCUT2D eigenvalue weighted by Crippen LogP contribution is -2.21. The maximum Gasteiger partial charge on any atom is 0.411 e. The van der Waals surface area contributed by atoms with Crippen molar-refractivity contribution in [1.82, 2.24) is 0 Å². The van der Waals surface area contributed by atoms with Gasteiger partial charge in [-0.15, -0.1) is 0 Å². The first-order chi connectivity index (χ1) is 8.62. The molecule has 0 spiro atoms. The van der Waals surface area contributed by atoms with Gasteiger partial charge in [-0.3, -0.25) is 0 Å². The van der Waals surface area contributed by atoms with Crippen molar-refractivity contribution in [3.63, 3.8) is 0 Å². The SMILES string of the molecule is Nc1ccc(S(=O)(=O)CCOCC(F)(F)F)c(F)c1. The molecule has 0 aliphatic rings. The molecule has 0 aromatic heterocycles. The number of hydrogen-bond acceptors (Lipinski definition) is 4. The van der Waals surface area contributed by atoms with Gasteiger partial charge in [-0.2, -0.15) is 13.2 Å². The molecule has 0 saturated heterocycles. The number of nitrogen functional groups attached to an aromatic ring is 1. The maximum atomic E-state index is 13.4. The molecule has 9 heteroatoms. The van der Waals surface area contributed by atoms with Crippen molar-refractivity contribution in [2.75, 3.05) is 24.7 Å². The Kier molecular flexibility index (Phi) is 4.75. The Balaban J connectivity index is 2.66. The van der Waals surface area contributed by atoms with Crippen molar-refractivity contribution in [1.29, 1.82) is 0 Å². The molecule has 0 radical (unpaired) electrons. The summed E-state index contributed by atoms with van der Waals surface area (Å²) >= 11 is 0. The van der Waals surface area contributed by atoms with Gasteiger partial charge in [-0.1, -0.05) is 0 Å². The number of halogens is 4. The van der Waals surface area contributed by atoms with E-state index in [4.69, 9.17) is 5.73 Å². The fourth-order valence-corrected chi connectivity index (χ4v) is 2.42. The largest absolute Gasteiger partial charge is 0.411 e. The lowest BCUT2D eigenvalue weighted by Gasteiger charge is -2.09. The Hall–Kier alpha value is -1.35. The van der Waals surface area contributed by atoms with E-state index in [-0.39, 0.29) is 5.69 Å². The van der Waals surface area contributed by atoms with Crippen LogP contribution in [-0.4, -0.2) is 33.6 Å². The van der Waals surface area contributed by atoms with Gasteiger partial charge in [0.1, 0.15) is 17.3 Å². The van der Waals surface area contributed by atoms with Crippen LogP contribution in [0.4, 0.5) is 23.2 Å². The summed E-state index contributed by atoms with van der Waals surface area (Å²) < 4.78 is 76.1. The fraction of sp³-hybridized carbons (Fsp3) is 0.400. The van der Waals surface area contributed by atoms with Gasteiger partial charge >= 0.3 is 6.18 Å². The molecule has 2 N–H and O–H groups in total. The van der Waals surface area contributed by atoms with E-state index in [9.17, 15) is 26.0 Å². The van der Waals surface area contributed by atoms with Crippen molar-refractivity contribution in [3.8, 4) is 0 Å². The lowest BCUT2D eigenvalue weighted by molar-refractivity contribution is -0.172. The van der Waals surface area contributed by atoms with E-state index in [1.54, 1.807) is 0 Å². The Morgan fingerprint density at radius 1 is 1.26 bits per heavy atom. The highest BCUT2D eigenvalue weighted by Gasteiger charge is 2.28. The highest BCUT2D eigenvalue weighted by Crippen LogP contribution is 2.19. The van der Waals surface area contributed by atoms with Crippen molar-refractivity contribution in [3.05, 3.63) is 24.0 Å². The van der Waals surface area contributed by atoms with Gasteiger partial charge in [0, 0.05) is 5.69 Å². The van der Waals surface area contributed by atoms with Gasteiger partial charge in [0.05, 0.1) is 12.4 Å². The molecule has 4 nitrogen and oxygen atoms in total. The van der Waals surface area contributed by atoms with Gasteiger partial charge in [-0.25, -0.2) is 12.8 Å². The van der Waals surface area contributed by atoms with Crippen molar-refractivity contribution in [2.24, 2.45) is 0 Å². The molecule has 0 unspecified atom stereocenters. The third-order valence-electron chi connectivity index (χ3n) is 2.05. The second kappa shape index (κ2) is 5.74. The Labute approximate surface area is 107 Å². The molecular formula is C10H11F4NO3S. The summed E-state index contributed by atoms with van der Waals surface area (Å²) in [6.07, 6.45) is -4.53. The average molecular weight is 301 g/mol. The highest BCUT2D eigenvalue weighted by atomic mass is 32.2. The minimum absolute atomic E-state index is 0.0461. The average Bonchev–Trinajstić information content (AvgIpc) is 2.22. The van der Waals surface area contributed by atoms with E-state index >= 15 is 0 Å². The van der Waals surface area contributed by atoms with E-state index in [1.807, 2.05) is 0 Å². The van der Waals surface area contributed by atoms with Gasteiger partial charge in [0.25, 0.3) is 0 Å². The van der Waals surface area contributed by atoms with Gasteiger partial charge in [0.15, 0.2) is 9.84 Å². The standard InChI is InChI=1S/C10H11F4NO3S/c11-8-5-7(15)1-2-9(8)19(16,17)4-3-18-6-10(12,13)14/h1-2,5H,3-4,6,15H2. The minimum Gasteiger partial charge on any atom is -0.399 e. The number of ether oxygens (including phenoxy) is 1. The zero-order chi connectivity index (χ0) is 14.7. The maximum absolute atomic E-state index is 13.4. The third kappa shape index (κ3) is 5.03. The van der Waals surface area contributed by atoms with Crippen LogP contribution in [0.2, 0.25) is 0 Å². The summed E-state index contributed by atoms with van der Waals surface area (Å²) in [5.74, 6) is -1.79. The molecule has 0 aliphatic carbocycles.